The van der Waals surface area contributed by atoms with Gasteiger partial charge in [0.05, 0.1) is 19.6 Å². The minimum atomic E-state index is -0.245. The van der Waals surface area contributed by atoms with Gasteiger partial charge in [-0.05, 0) is 61.7 Å². The molecule has 0 heterocycles. The first-order valence-electron chi connectivity index (χ1n) is 7.55. The second kappa shape index (κ2) is 7.85. The molecule has 0 bridgehead atoms. The first kappa shape index (κ1) is 17.8. The zero-order valence-electron chi connectivity index (χ0n) is 13.9. The van der Waals surface area contributed by atoms with Crippen LogP contribution in [0.4, 0.5) is 5.69 Å². The van der Waals surface area contributed by atoms with Gasteiger partial charge in [-0.1, -0.05) is 17.7 Å². The van der Waals surface area contributed by atoms with Gasteiger partial charge in [0.25, 0.3) is 0 Å². The lowest BCUT2D eigenvalue weighted by atomic mass is 10.00. The molecule has 0 spiro atoms. The minimum absolute atomic E-state index is 0.236. The van der Waals surface area contributed by atoms with Crippen molar-refractivity contribution in [3.63, 3.8) is 0 Å². The van der Waals surface area contributed by atoms with E-state index >= 15 is 0 Å². The molecule has 0 saturated carbocycles. The van der Waals surface area contributed by atoms with E-state index in [1.54, 1.807) is 25.1 Å². The Balaban J connectivity index is 2.27. The summed E-state index contributed by atoms with van der Waals surface area (Å²) in [5.41, 5.74) is 3.24. The molecule has 0 amide bonds. The lowest BCUT2D eigenvalue weighted by Gasteiger charge is -2.14. The van der Waals surface area contributed by atoms with Crippen molar-refractivity contribution < 1.29 is 14.3 Å². The lowest BCUT2D eigenvalue weighted by Crippen LogP contribution is -2.09. The van der Waals surface area contributed by atoms with Crippen LogP contribution in [0.15, 0.2) is 30.3 Å². The summed E-state index contributed by atoms with van der Waals surface area (Å²) in [4.78, 5) is 15.0. The molecule has 124 valence electrons. The van der Waals surface area contributed by atoms with Crippen molar-refractivity contribution in [3.05, 3.63) is 63.5 Å². The molecule has 24 heavy (non-hydrogen) atoms. The van der Waals surface area contributed by atoms with Gasteiger partial charge >= 0.3 is 5.97 Å². The largest absolute Gasteiger partial charge is 0.466 e. The van der Waals surface area contributed by atoms with Crippen LogP contribution in [0.5, 0.6) is 11.5 Å². The number of ether oxygens (including phenoxy) is 2. The fraction of sp³-hybridized carbons (Fsp3) is 0.263. The monoisotopic (exact) mass is 343 g/mol. The zero-order valence-corrected chi connectivity index (χ0v) is 14.6. The number of halogens is 1. The first-order valence-corrected chi connectivity index (χ1v) is 7.93. The van der Waals surface area contributed by atoms with Crippen LogP contribution in [-0.4, -0.2) is 12.6 Å². The maximum Gasteiger partial charge on any atom is 0.310 e. The fourth-order valence-electron chi connectivity index (χ4n) is 2.32. The van der Waals surface area contributed by atoms with Crippen molar-refractivity contribution in [1.82, 2.24) is 0 Å². The Bertz CT molecular complexity index is 809. The molecule has 5 heteroatoms. The molecule has 0 aliphatic rings. The van der Waals surface area contributed by atoms with Gasteiger partial charge in [0, 0.05) is 5.02 Å². The maximum absolute atomic E-state index is 11.7. The Labute approximate surface area is 146 Å². The molecule has 0 unspecified atom stereocenters. The maximum atomic E-state index is 11.7. The van der Waals surface area contributed by atoms with Crippen LogP contribution < -0.4 is 4.74 Å². The SMILES string of the molecule is [C-]#[N+]c1cc(Cl)cc(Oc2ccc(CC(=O)OCC)c(C)c2C)c1. The van der Waals surface area contributed by atoms with Crippen molar-refractivity contribution in [1.29, 1.82) is 0 Å². The molecule has 0 atom stereocenters. The van der Waals surface area contributed by atoms with Gasteiger partial charge in [0.15, 0.2) is 5.69 Å². The average molecular weight is 344 g/mol. The number of hydrogen-bond donors (Lipinski definition) is 0. The summed E-state index contributed by atoms with van der Waals surface area (Å²) in [6, 6.07) is 8.56. The van der Waals surface area contributed by atoms with Gasteiger partial charge in [0.2, 0.25) is 0 Å². The Morgan fingerprint density at radius 1 is 1.21 bits per heavy atom. The van der Waals surface area contributed by atoms with Gasteiger partial charge in [-0.15, -0.1) is 0 Å². The van der Waals surface area contributed by atoms with E-state index in [1.165, 1.54) is 0 Å². The van der Waals surface area contributed by atoms with Gasteiger partial charge in [0.1, 0.15) is 11.5 Å². The topological polar surface area (TPSA) is 39.9 Å². The number of nitrogens with zero attached hydrogens (tertiary/aromatic N) is 1. The van der Waals surface area contributed by atoms with E-state index in [0.717, 1.165) is 16.7 Å². The molecular formula is C19H18ClNO3. The summed E-state index contributed by atoms with van der Waals surface area (Å²) in [6.45, 7) is 13.1. The normalized spacial score (nSPS) is 10.1. The minimum Gasteiger partial charge on any atom is -0.466 e. The number of esters is 1. The third-order valence-corrected chi connectivity index (χ3v) is 3.92. The molecule has 4 nitrogen and oxygen atoms in total. The van der Waals surface area contributed by atoms with Crippen LogP contribution in [0.25, 0.3) is 4.85 Å². The number of carbonyl (C=O) groups is 1. The van der Waals surface area contributed by atoms with E-state index in [9.17, 15) is 4.79 Å². The molecule has 2 aromatic rings. The van der Waals surface area contributed by atoms with Crippen LogP contribution >= 0.6 is 11.6 Å². The summed E-state index contributed by atoms with van der Waals surface area (Å²) in [5.74, 6) is 0.928. The summed E-state index contributed by atoms with van der Waals surface area (Å²) < 4.78 is 10.9. The number of hydrogen-bond acceptors (Lipinski definition) is 3. The molecule has 0 fully saturated rings. The van der Waals surface area contributed by atoms with Crippen LogP contribution in [0.1, 0.15) is 23.6 Å². The molecule has 0 aliphatic heterocycles. The molecule has 0 radical (unpaired) electrons. The van der Waals surface area contributed by atoms with Gasteiger partial charge in [-0.3, -0.25) is 4.79 Å². The van der Waals surface area contributed by atoms with Gasteiger partial charge in [-0.25, -0.2) is 4.85 Å². The molecule has 2 rings (SSSR count). The number of benzene rings is 2. The molecule has 0 aliphatic carbocycles. The van der Waals surface area contributed by atoms with E-state index in [1.807, 2.05) is 26.0 Å². The van der Waals surface area contributed by atoms with Crippen molar-refractivity contribution in [2.45, 2.75) is 27.2 Å². The third kappa shape index (κ3) is 4.27. The van der Waals surface area contributed by atoms with Gasteiger partial charge < -0.3 is 9.47 Å². The fourth-order valence-corrected chi connectivity index (χ4v) is 2.54. The average Bonchev–Trinajstić information content (AvgIpc) is 2.54. The summed E-state index contributed by atoms with van der Waals surface area (Å²) in [7, 11) is 0. The molecule has 0 N–H and O–H groups in total. The van der Waals surface area contributed by atoms with E-state index in [2.05, 4.69) is 4.85 Å². The van der Waals surface area contributed by atoms with Crippen molar-refractivity contribution in [2.75, 3.05) is 6.61 Å². The van der Waals surface area contributed by atoms with E-state index in [0.29, 0.717) is 28.8 Å². The predicted octanol–water partition coefficient (Wildman–Crippen LogP) is 5.41. The molecule has 0 saturated heterocycles. The van der Waals surface area contributed by atoms with E-state index < -0.39 is 0 Å². The second-order valence-corrected chi connectivity index (χ2v) is 5.75. The van der Waals surface area contributed by atoms with Crippen molar-refractivity contribution in [2.24, 2.45) is 0 Å². The highest BCUT2D eigenvalue weighted by molar-refractivity contribution is 6.31. The Kier molecular flexibility index (Phi) is 5.83. The Morgan fingerprint density at radius 2 is 1.96 bits per heavy atom. The third-order valence-electron chi connectivity index (χ3n) is 3.70. The van der Waals surface area contributed by atoms with Crippen LogP contribution in [-0.2, 0) is 16.0 Å². The molecular weight excluding hydrogens is 326 g/mol. The summed E-state index contributed by atoms with van der Waals surface area (Å²) in [5, 5.41) is 0.451. The van der Waals surface area contributed by atoms with Crippen LogP contribution in [0.2, 0.25) is 5.02 Å². The number of rotatable bonds is 5. The van der Waals surface area contributed by atoms with Crippen molar-refractivity contribution in [3.8, 4) is 11.5 Å². The number of carbonyl (C=O) groups excluding carboxylic acids is 1. The molecule has 0 aromatic heterocycles. The Morgan fingerprint density at radius 3 is 2.62 bits per heavy atom. The highest BCUT2D eigenvalue weighted by Gasteiger charge is 2.12. The van der Waals surface area contributed by atoms with E-state index in [-0.39, 0.29) is 12.4 Å². The predicted molar refractivity (Wildman–Crippen MR) is 94.0 cm³/mol. The van der Waals surface area contributed by atoms with E-state index in [4.69, 9.17) is 27.6 Å². The van der Waals surface area contributed by atoms with Crippen molar-refractivity contribution >= 4 is 23.3 Å². The Hall–Kier alpha value is -2.51. The molecule has 2 aromatic carbocycles. The lowest BCUT2D eigenvalue weighted by molar-refractivity contribution is -0.142. The summed E-state index contributed by atoms with van der Waals surface area (Å²) >= 11 is 6.00. The quantitative estimate of drug-likeness (QED) is 0.538. The highest BCUT2D eigenvalue weighted by atomic mass is 35.5. The second-order valence-electron chi connectivity index (χ2n) is 5.31. The highest BCUT2D eigenvalue weighted by Crippen LogP contribution is 2.33. The van der Waals surface area contributed by atoms with Gasteiger partial charge in [-0.2, -0.15) is 0 Å². The first-order chi connectivity index (χ1) is 11.4. The van der Waals surface area contributed by atoms with Crippen LogP contribution in [0, 0.1) is 20.4 Å². The van der Waals surface area contributed by atoms with Crippen LogP contribution in [0.3, 0.4) is 0 Å². The standard InChI is InChI=1S/C19H18ClNO3/c1-5-23-19(22)8-14-6-7-18(13(3)12(14)2)24-17-10-15(20)9-16(11-17)21-4/h6-7,9-11H,5,8H2,1-3H3. The summed E-state index contributed by atoms with van der Waals surface area (Å²) in [6.07, 6.45) is 0.236. The zero-order chi connectivity index (χ0) is 17.7. The smallest absolute Gasteiger partial charge is 0.310 e.